The minimum atomic E-state index is 0.0808. The summed E-state index contributed by atoms with van der Waals surface area (Å²) in [5, 5.41) is 3.02. The number of aryl methyl sites for hydroxylation is 2. The summed E-state index contributed by atoms with van der Waals surface area (Å²) in [4.78, 5) is 14.4. The molecular formula is C19H22N2O. The number of carbonyl (C=O) groups is 1. The summed E-state index contributed by atoms with van der Waals surface area (Å²) in [6.45, 7) is 4.04. The summed E-state index contributed by atoms with van der Waals surface area (Å²) in [6, 6.07) is 16.6. The van der Waals surface area contributed by atoms with E-state index in [-0.39, 0.29) is 5.91 Å². The predicted molar refractivity (Wildman–Crippen MR) is 90.0 cm³/mol. The maximum Gasteiger partial charge on any atom is 0.239 e. The Balaban J connectivity index is 1.57. The number of anilines is 1. The third-order valence-corrected chi connectivity index (χ3v) is 4.15. The van der Waals surface area contributed by atoms with E-state index in [0.717, 1.165) is 24.9 Å². The lowest BCUT2D eigenvalue weighted by molar-refractivity contribution is -0.119. The number of fused-ring (bicyclic) bond motifs is 1. The van der Waals surface area contributed by atoms with E-state index in [9.17, 15) is 4.79 Å². The Hall–Kier alpha value is -2.29. The van der Waals surface area contributed by atoms with Crippen LogP contribution >= 0.6 is 0 Å². The Kier molecular flexibility index (Phi) is 4.42. The number of para-hydroxylation sites is 1. The molecule has 1 amide bonds. The van der Waals surface area contributed by atoms with Crippen LogP contribution in [0.3, 0.4) is 0 Å². The van der Waals surface area contributed by atoms with Gasteiger partial charge in [-0.2, -0.15) is 0 Å². The van der Waals surface area contributed by atoms with Crippen molar-refractivity contribution in [3.05, 3.63) is 65.2 Å². The van der Waals surface area contributed by atoms with Crippen molar-refractivity contribution in [3.8, 4) is 0 Å². The Morgan fingerprint density at radius 1 is 1.14 bits per heavy atom. The van der Waals surface area contributed by atoms with Gasteiger partial charge >= 0.3 is 0 Å². The van der Waals surface area contributed by atoms with Gasteiger partial charge in [0.25, 0.3) is 0 Å². The average molecular weight is 294 g/mol. The molecule has 2 aromatic carbocycles. The van der Waals surface area contributed by atoms with Gasteiger partial charge in [-0.15, -0.1) is 0 Å². The molecule has 0 fully saturated rings. The minimum Gasteiger partial charge on any atom is -0.362 e. The zero-order valence-electron chi connectivity index (χ0n) is 13.0. The summed E-state index contributed by atoms with van der Waals surface area (Å²) in [5.74, 6) is 0.0808. The quantitative estimate of drug-likeness (QED) is 0.940. The third kappa shape index (κ3) is 3.48. The van der Waals surface area contributed by atoms with Crippen LogP contribution in [0.15, 0.2) is 48.5 Å². The topological polar surface area (TPSA) is 32.3 Å². The van der Waals surface area contributed by atoms with E-state index in [1.165, 1.54) is 16.8 Å². The van der Waals surface area contributed by atoms with Crippen LogP contribution in [0.1, 0.15) is 23.1 Å². The van der Waals surface area contributed by atoms with Crippen molar-refractivity contribution in [1.29, 1.82) is 0 Å². The molecule has 114 valence electrons. The van der Waals surface area contributed by atoms with E-state index in [1.807, 2.05) is 6.07 Å². The van der Waals surface area contributed by atoms with Gasteiger partial charge in [-0.1, -0.05) is 48.0 Å². The zero-order valence-corrected chi connectivity index (χ0v) is 13.0. The molecule has 3 heteroatoms. The van der Waals surface area contributed by atoms with Crippen LogP contribution < -0.4 is 10.2 Å². The van der Waals surface area contributed by atoms with Crippen molar-refractivity contribution < 1.29 is 4.79 Å². The van der Waals surface area contributed by atoms with Gasteiger partial charge in [0.1, 0.15) is 0 Å². The fourth-order valence-electron chi connectivity index (χ4n) is 2.91. The minimum absolute atomic E-state index is 0.0808. The third-order valence-electron chi connectivity index (χ3n) is 4.15. The highest BCUT2D eigenvalue weighted by molar-refractivity contribution is 5.81. The number of hydrogen-bond acceptors (Lipinski definition) is 2. The van der Waals surface area contributed by atoms with Gasteiger partial charge in [-0.25, -0.2) is 0 Å². The number of rotatable bonds is 4. The van der Waals surface area contributed by atoms with Crippen molar-refractivity contribution in [3.63, 3.8) is 0 Å². The summed E-state index contributed by atoms with van der Waals surface area (Å²) < 4.78 is 0. The molecule has 0 atom stereocenters. The molecule has 1 aliphatic rings. The molecule has 0 unspecified atom stereocenters. The van der Waals surface area contributed by atoms with Gasteiger partial charge in [0, 0.05) is 18.8 Å². The molecule has 3 nitrogen and oxygen atoms in total. The number of carbonyl (C=O) groups excluding carboxylic acids is 1. The lowest BCUT2D eigenvalue weighted by Gasteiger charge is -2.30. The van der Waals surface area contributed by atoms with Crippen molar-refractivity contribution >= 4 is 11.6 Å². The van der Waals surface area contributed by atoms with Gasteiger partial charge in [0.15, 0.2) is 0 Å². The fraction of sp³-hybridized carbons (Fsp3) is 0.316. The first-order chi connectivity index (χ1) is 10.7. The van der Waals surface area contributed by atoms with Crippen molar-refractivity contribution in [1.82, 2.24) is 5.32 Å². The maximum atomic E-state index is 12.2. The Morgan fingerprint density at radius 3 is 2.73 bits per heavy atom. The number of nitrogens with one attached hydrogen (secondary N) is 1. The molecule has 0 aliphatic carbocycles. The van der Waals surface area contributed by atoms with Gasteiger partial charge in [-0.05, 0) is 37.0 Å². The van der Waals surface area contributed by atoms with Crippen LogP contribution in [0, 0.1) is 6.92 Å². The van der Waals surface area contributed by atoms with E-state index >= 15 is 0 Å². The Bertz CT molecular complexity index is 649. The van der Waals surface area contributed by atoms with E-state index in [4.69, 9.17) is 0 Å². The summed E-state index contributed by atoms with van der Waals surface area (Å²) in [6.07, 6.45) is 2.22. The van der Waals surface area contributed by atoms with Gasteiger partial charge < -0.3 is 10.2 Å². The number of hydrogen-bond donors (Lipinski definition) is 1. The second-order valence-corrected chi connectivity index (χ2v) is 5.92. The average Bonchev–Trinajstić information content (AvgIpc) is 2.55. The molecule has 1 aliphatic heterocycles. The lowest BCUT2D eigenvalue weighted by Crippen LogP contribution is -2.39. The molecule has 0 spiro atoms. The predicted octanol–water partition coefficient (Wildman–Crippen LogP) is 3.06. The second-order valence-electron chi connectivity index (χ2n) is 5.92. The standard InChI is InChI=1S/C19H22N2O/c1-15-8-10-16(11-9-15)13-20-19(22)14-21-12-4-6-17-5-2-3-7-18(17)21/h2-3,5,7-11H,4,6,12-14H2,1H3,(H,20,22). The van der Waals surface area contributed by atoms with Crippen molar-refractivity contribution in [2.45, 2.75) is 26.3 Å². The molecule has 3 rings (SSSR count). The highest BCUT2D eigenvalue weighted by Gasteiger charge is 2.18. The monoisotopic (exact) mass is 294 g/mol. The van der Waals surface area contributed by atoms with Crippen LogP contribution in [0.4, 0.5) is 5.69 Å². The van der Waals surface area contributed by atoms with Gasteiger partial charge in [0.2, 0.25) is 5.91 Å². The van der Waals surface area contributed by atoms with E-state index in [0.29, 0.717) is 13.1 Å². The van der Waals surface area contributed by atoms with E-state index in [2.05, 4.69) is 59.6 Å². The number of amides is 1. The molecule has 1 heterocycles. The molecule has 0 saturated carbocycles. The van der Waals surface area contributed by atoms with E-state index < -0.39 is 0 Å². The fourth-order valence-corrected chi connectivity index (χ4v) is 2.91. The highest BCUT2D eigenvalue weighted by Crippen LogP contribution is 2.26. The van der Waals surface area contributed by atoms with Crippen LogP contribution in [0.25, 0.3) is 0 Å². The van der Waals surface area contributed by atoms with Crippen LogP contribution in [0.2, 0.25) is 0 Å². The van der Waals surface area contributed by atoms with Gasteiger partial charge in [-0.3, -0.25) is 4.79 Å². The molecule has 0 bridgehead atoms. The van der Waals surface area contributed by atoms with Gasteiger partial charge in [0.05, 0.1) is 6.54 Å². The molecule has 0 aromatic heterocycles. The lowest BCUT2D eigenvalue weighted by atomic mass is 10.0. The molecule has 2 aromatic rings. The van der Waals surface area contributed by atoms with Crippen molar-refractivity contribution in [2.24, 2.45) is 0 Å². The maximum absolute atomic E-state index is 12.2. The second kappa shape index (κ2) is 6.65. The zero-order chi connectivity index (χ0) is 15.4. The molecule has 0 saturated heterocycles. The highest BCUT2D eigenvalue weighted by atomic mass is 16.2. The van der Waals surface area contributed by atoms with Crippen molar-refractivity contribution in [2.75, 3.05) is 18.0 Å². The number of nitrogens with zero attached hydrogens (tertiary/aromatic N) is 1. The van der Waals surface area contributed by atoms with Crippen LogP contribution in [-0.4, -0.2) is 19.0 Å². The van der Waals surface area contributed by atoms with E-state index in [1.54, 1.807) is 0 Å². The summed E-state index contributed by atoms with van der Waals surface area (Å²) in [7, 11) is 0. The Labute approximate surface area is 132 Å². The smallest absolute Gasteiger partial charge is 0.239 e. The number of benzene rings is 2. The normalized spacial score (nSPS) is 13.6. The SMILES string of the molecule is Cc1ccc(CNC(=O)CN2CCCc3ccccc32)cc1. The molecule has 0 radical (unpaired) electrons. The first-order valence-corrected chi connectivity index (χ1v) is 7.87. The summed E-state index contributed by atoms with van der Waals surface area (Å²) in [5.41, 5.74) is 4.93. The van der Waals surface area contributed by atoms with Crippen LogP contribution in [-0.2, 0) is 17.8 Å². The van der Waals surface area contributed by atoms with Crippen LogP contribution in [0.5, 0.6) is 0 Å². The molecule has 22 heavy (non-hydrogen) atoms. The molecular weight excluding hydrogens is 272 g/mol. The largest absolute Gasteiger partial charge is 0.362 e. The first kappa shape index (κ1) is 14.6. The first-order valence-electron chi connectivity index (χ1n) is 7.87. The Morgan fingerprint density at radius 2 is 1.91 bits per heavy atom. The molecule has 1 N–H and O–H groups in total. The summed E-state index contributed by atoms with van der Waals surface area (Å²) >= 11 is 0.